The number of benzene rings is 1. The molecule has 1 aromatic carbocycles. The van der Waals surface area contributed by atoms with E-state index >= 15 is 0 Å². The van der Waals surface area contributed by atoms with Gasteiger partial charge in [0.15, 0.2) is 5.76 Å². The van der Waals surface area contributed by atoms with Crippen LogP contribution < -0.4 is 15.4 Å². The fourth-order valence-electron chi connectivity index (χ4n) is 2.19. The minimum atomic E-state index is -0.302. The van der Waals surface area contributed by atoms with Crippen LogP contribution in [-0.4, -0.2) is 31.5 Å². The van der Waals surface area contributed by atoms with Crippen molar-refractivity contribution in [3.8, 4) is 5.75 Å². The van der Waals surface area contributed by atoms with Crippen molar-refractivity contribution in [2.75, 3.05) is 19.7 Å². The maximum Gasteiger partial charge on any atom is 0.287 e. The second kappa shape index (κ2) is 10.2. The molecule has 134 valence electrons. The molecule has 0 saturated heterocycles. The molecule has 0 radical (unpaired) electrons. The van der Waals surface area contributed by atoms with Gasteiger partial charge in [0.1, 0.15) is 5.75 Å². The molecule has 1 heterocycles. The second-order valence-electron chi connectivity index (χ2n) is 5.57. The van der Waals surface area contributed by atoms with Crippen LogP contribution in [0.1, 0.15) is 47.1 Å². The van der Waals surface area contributed by atoms with Crippen molar-refractivity contribution in [1.82, 2.24) is 10.6 Å². The van der Waals surface area contributed by atoms with Gasteiger partial charge in [0.05, 0.1) is 12.9 Å². The molecular formula is C19H24N2O4. The number of furan rings is 1. The van der Waals surface area contributed by atoms with E-state index in [1.54, 1.807) is 36.4 Å². The van der Waals surface area contributed by atoms with Crippen molar-refractivity contribution in [3.05, 3.63) is 54.0 Å². The Hall–Kier alpha value is -2.76. The fraction of sp³-hybridized carbons (Fsp3) is 0.368. The van der Waals surface area contributed by atoms with Gasteiger partial charge in [-0.05, 0) is 42.8 Å². The van der Waals surface area contributed by atoms with Crippen molar-refractivity contribution in [3.63, 3.8) is 0 Å². The van der Waals surface area contributed by atoms with E-state index < -0.39 is 0 Å². The van der Waals surface area contributed by atoms with Gasteiger partial charge < -0.3 is 19.8 Å². The van der Waals surface area contributed by atoms with E-state index in [0.717, 1.165) is 25.0 Å². The van der Waals surface area contributed by atoms with E-state index in [4.69, 9.17) is 9.15 Å². The van der Waals surface area contributed by atoms with Gasteiger partial charge in [0.2, 0.25) is 0 Å². The lowest BCUT2D eigenvalue weighted by Gasteiger charge is -2.08. The summed E-state index contributed by atoms with van der Waals surface area (Å²) in [5, 5.41) is 5.42. The molecule has 6 nitrogen and oxygen atoms in total. The molecule has 0 bridgehead atoms. The first kappa shape index (κ1) is 18.6. The third kappa shape index (κ3) is 6.33. The molecule has 0 spiro atoms. The average Bonchev–Trinajstić information content (AvgIpc) is 3.17. The maximum absolute atomic E-state index is 12.0. The summed E-state index contributed by atoms with van der Waals surface area (Å²) >= 11 is 0. The Kier molecular flexibility index (Phi) is 7.56. The molecule has 0 unspecified atom stereocenters. The first-order chi connectivity index (χ1) is 12.2. The molecule has 0 aliphatic rings. The number of nitrogens with one attached hydrogen (secondary N) is 2. The summed E-state index contributed by atoms with van der Waals surface area (Å²) in [5.41, 5.74) is 0.554. The van der Waals surface area contributed by atoms with Crippen LogP contribution in [0.4, 0.5) is 0 Å². The first-order valence-corrected chi connectivity index (χ1v) is 8.53. The summed E-state index contributed by atoms with van der Waals surface area (Å²) in [6.07, 6.45) is 4.78. The summed E-state index contributed by atoms with van der Waals surface area (Å²) in [4.78, 5) is 23.7. The molecule has 2 amide bonds. The van der Waals surface area contributed by atoms with Crippen LogP contribution in [0.5, 0.6) is 5.75 Å². The predicted molar refractivity (Wildman–Crippen MR) is 94.8 cm³/mol. The van der Waals surface area contributed by atoms with E-state index in [1.165, 1.54) is 6.26 Å². The van der Waals surface area contributed by atoms with Crippen LogP contribution in [0.15, 0.2) is 47.1 Å². The molecule has 2 N–H and O–H groups in total. The van der Waals surface area contributed by atoms with E-state index in [0.29, 0.717) is 25.3 Å². The molecule has 0 aliphatic heterocycles. The molecule has 0 fully saturated rings. The van der Waals surface area contributed by atoms with Gasteiger partial charge in [-0.1, -0.05) is 19.8 Å². The highest BCUT2D eigenvalue weighted by molar-refractivity contribution is 5.94. The van der Waals surface area contributed by atoms with Gasteiger partial charge >= 0.3 is 0 Å². The number of carbonyl (C=O) groups is 2. The number of rotatable bonds is 10. The standard InChI is InChI=1S/C19H24N2O4/c1-2-3-4-13-24-16-9-7-15(8-10-16)18(22)20-11-12-21-19(23)17-6-5-14-25-17/h5-10,14H,2-4,11-13H2,1H3,(H,20,22)(H,21,23). The smallest absolute Gasteiger partial charge is 0.287 e. The Morgan fingerprint density at radius 1 is 1.00 bits per heavy atom. The highest BCUT2D eigenvalue weighted by atomic mass is 16.5. The lowest BCUT2D eigenvalue weighted by Crippen LogP contribution is -2.34. The number of hydrogen-bond acceptors (Lipinski definition) is 4. The zero-order valence-electron chi connectivity index (χ0n) is 14.4. The number of unbranched alkanes of at least 4 members (excludes halogenated alkanes) is 2. The van der Waals surface area contributed by atoms with Crippen LogP contribution in [0, 0.1) is 0 Å². The number of hydrogen-bond donors (Lipinski definition) is 2. The van der Waals surface area contributed by atoms with Crippen LogP contribution in [0.2, 0.25) is 0 Å². The molecule has 0 saturated carbocycles. The molecule has 2 rings (SSSR count). The SMILES string of the molecule is CCCCCOc1ccc(C(=O)NCCNC(=O)c2ccco2)cc1. The largest absolute Gasteiger partial charge is 0.494 e. The van der Waals surface area contributed by atoms with Gasteiger partial charge in [-0.2, -0.15) is 0 Å². The zero-order chi connectivity index (χ0) is 17.9. The van der Waals surface area contributed by atoms with Crippen molar-refractivity contribution < 1.29 is 18.7 Å². The normalized spacial score (nSPS) is 10.3. The summed E-state index contributed by atoms with van der Waals surface area (Å²) in [5.74, 6) is 0.521. The van der Waals surface area contributed by atoms with Crippen LogP contribution >= 0.6 is 0 Å². The second-order valence-corrected chi connectivity index (χ2v) is 5.57. The Labute approximate surface area is 147 Å². The Balaban J connectivity index is 1.67. The average molecular weight is 344 g/mol. The third-order valence-electron chi connectivity index (χ3n) is 3.57. The van der Waals surface area contributed by atoms with Crippen LogP contribution in [0.25, 0.3) is 0 Å². The van der Waals surface area contributed by atoms with Gasteiger partial charge in [-0.25, -0.2) is 0 Å². The van der Waals surface area contributed by atoms with Crippen LogP contribution in [-0.2, 0) is 0 Å². The zero-order valence-corrected chi connectivity index (χ0v) is 14.4. The molecular weight excluding hydrogens is 320 g/mol. The van der Waals surface area contributed by atoms with Crippen molar-refractivity contribution >= 4 is 11.8 Å². The van der Waals surface area contributed by atoms with Crippen molar-refractivity contribution in [2.45, 2.75) is 26.2 Å². The Bertz CT molecular complexity index is 651. The Morgan fingerprint density at radius 3 is 2.36 bits per heavy atom. The van der Waals surface area contributed by atoms with E-state index in [9.17, 15) is 9.59 Å². The van der Waals surface area contributed by atoms with Gasteiger partial charge in [0.25, 0.3) is 11.8 Å². The van der Waals surface area contributed by atoms with E-state index in [2.05, 4.69) is 17.6 Å². The molecule has 6 heteroatoms. The van der Waals surface area contributed by atoms with Crippen molar-refractivity contribution in [1.29, 1.82) is 0 Å². The summed E-state index contributed by atoms with van der Waals surface area (Å²) < 4.78 is 10.6. The van der Waals surface area contributed by atoms with Gasteiger partial charge in [0, 0.05) is 18.7 Å². The highest BCUT2D eigenvalue weighted by Crippen LogP contribution is 2.12. The number of amides is 2. The topological polar surface area (TPSA) is 80.6 Å². The first-order valence-electron chi connectivity index (χ1n) is 8.53. The van der Waals surface area contributed by atoms with E-state index in [1.807, 2.05) is 0 Å². The quantitative estimate of drug-likeness (QED) is 0.649. The van der Waals surface area contributed by atoms with E-state index in [-0.39, 0.29) is 17.6 Å². The molecule has 0 atom stereocenters. The summed E-state index contributed by atoms with van der Waals surface area (Å²) in [6, 6.07) is 10.3. The van der Waals surface area contributed by atoms with Crippen LogP contribution in [0.3, 0.4) is 0 Å². The Morgan fingerprint density at radius 2 is 1.72 bits per heavy atom. The summed E-state index contributed by atoms with van der Waals surface area (Å²) in [6.45, 7) is 3.50. The third-order valence-corrected chi connectivity index (χ3v) is 3.57. The molecule has 1 aromatic heterocycles. The predicted octanol–water partition coefficient (Wildman–Crippen LogP) is 3.01. The number of ether oxygens (including phenoxy) is 1. The lowest BCUT2D eigenvalue weighted by atomic mass is 10.2. The number of carbonyl (C=O) groups excluding carboxylic acids is 2. The molecule has 0 aliphatic carbocycles. The maximum atomic E-state index is 12.0. The van der Waals surface area contributed by atoms with Crippen molar-refractivity contribution in [2.24, 2.45) is 0 Å². The van der Waals surface area contributed by atoms with Gasteiger partial charge in [-0.15, -0.1) is 0 Å². The fourth-order valence-corrected chi connectivity index (χ4v) is 2.19. The molecule has 2 aromatic rings. The molecule has 25 heavy (non-hydrogen) atoms. The lowest BCUT2D eigenvalue weighted by molar-refractivity contribution is 0.0910. The minimum absolute atomic E-state index is 0.190. The van der Waals surface area contributed by atoms with Gasteiger partial charge in [-0.3, -0.25) is 9.59 Å². The monoisotopic (exact) mass is 344 g/mol. The highest BCUT2D eigenvalue weighted by Gasteiger charge is 2.08. The summed E-state index contributed by atoms with van der Waals surface area (Å²) in [7, 11) is 0. The minimum Gasteiger partial charge on any atom is -0.494 e.